The Morgan fingerprint density at radius 2 is 1.68 bits per heavy atom. The van der Waals surface area contributed by atoms with E-state index < -0.39 is 15.9 Å². The van der Waals surface area contributed by atoms with Gasteiger partial charge in [0.15, 0.2) is 0 Å². The van der Waals surface area contributed by atoms with Crippen LogP contribution in [0.3, 0.4) is 0 Å². The first-order valence-electron chi connectivity index (χ1n) is 7.87. The van der Waals surface area contributed by atoms with E-state index in [0.717, 1.165) is 16.7 Å². The highest BCUT2D eigenvalue weighted by Crippen LogP contribution is 2.28. The molecule has 7 heteroatoms. The summed E-state index contributed by atoms with van der Waals surface area (Å²) in [5, 5.41) is 0. The second kappa shape index (κ2) is 7.57. The standard InChI is InChI=1S/C18H22N2O4S/c1-4-24-18-12(2)9-16(10-13(18)3)25(22,23)20-15-7-5-14(6-8-15)11-17(19)21/h5-10,20H,4,11H2,1-3H3,(H2,19,21). The van der Waals surface area contributed by atoms with Crippen molar-refractivity contribution < 1.29 is 17.9 Å². The summed E-state index contributed by atoms with van der Waals surface area (Å²) < 4.78 is 33.3. The summed E-state index contributed by atoms with van der Waals surface area (Å²) in [6.07, 6.45) is 0.115. The molecule has 1 amide bonds. The van der Waals surface area contributed by atoms with Crippen molar-refractivity contribution in [2.75, 3.05) is 11.3 Å². The second-order valence-electron chi connectivity index (χ2n) is 5.76. The molecule has 134 valence electrons. The van der Waals surface area contributed by atoms with E-state index in [2.05, 4.69) is 4.72 Å². The molecule has 2 aromatic rings. The molecule has 3 N–H and O–H groups in total. The summed E-state index contributed by atoms with van der Waals surface area (Å²) in [6, 6.07) is 9.70. The molecule has 0 fully saturated rings. The van der Waals surface area contributed by atoms with Crippen molar-refractivity contribution in [2.45, 2.75) is 32.1 Å². The van der Waals surface area contributed by atoms with Crippen molar-refractivity contribution in [1.29, 1.82) is 0 Å². The lowest BCUT2D eigenvalue weighted by atomic mass is 10.1. The third-order valence-electron chi connectivity index (χ3n) is 3.62. The van der Waals surface area contributed by atoms with Crippen LogP contribution in [-0.2, 0) is 21.2 Å². The molecular weight excluding hydrogens is 340 g/mol. The number of nitrogens with two attached hydrogens (primary N) is 1. The topological polar surface area (TPSA) is 98.5 Å². The molecule has 25 heavy (non-hydrogen) atoms. The van der Waals surface area contributed by atoms with Crippen molar-refractivity contribution in [3.05, 3.63) is 53.1 Å². The fourth-order valence-corrected chi connectivity index (χ4v) is 3.77. The normalized spacial score (nSPS) is 11.2. The molecule has 0 radical (unpaired) electrons. The quantitative estimate of drug-likeness (QED) is 0.791. The smallest absolute Gasteiger partial charge is 0.261 e. The first kappa shape index (κ1) is 18.8. The van der Waals surface area contributed by atoms with Gasteiger partial charge in [-0.15, -0.1) is 0 Å². The fraction of sp³-hybridized carbons (Fsp3) is 0.278. The van der Waals surface area contributed by atoms with Crippen molar-refractivity contribution in [3.63, 3.8) is 0 Å². The van der Waals surface area contributed by atoms with Crippen LogP contribution in [-0.4, -0.2) is 20.9 Å². The first-order chi connectivity index (χ1) is 11.7. The monoisotopic (exact) mass is 362 g/mol. The van der Waals surface area contributed by atoms with Crippen LogP contribution in [0.1, 0.15) is 23.6 Å². The lowest BCUT2D eigenvalue weighted by Crippen LogP contribution is -2.15. The SMILES string of the molecule is CCOc1c(C)cc(S(=O)(=O)Nc2ccc(CC(N)=O)cc2)cc1C. The Balaban J connectivity index is 2.25. The van der Waals surface area contributed by atoms with E-state index in [-0.39, 0.29) is 11.3 Å². The number of hydrogen-bond acceptors (Lipinski definition) is 4. The maximum Gasteiger partial charge on any atom is 0.261 e. The molecule has 0 bridgehead atoms. The van der Waals surface area contributed by atoms with E-state index in [9.17, 15) is 13.2 Å². The Kier molecular flexibility index (Phi) is 5.69. The molecule has 0 spiro atoms. The average Bonchev–Trinajstić information content (AvgIpc) is 2.52. The molecular formula is C18H22N2O4S. The van der Waals surface area contributed by atoms with Gasteiger partial charge in [-0.2, -0.15) is 0 Å². The van der Waals surface area contributed by atoms with E-state index in [0.29, 0.717) is 18.0 Å². The zero-order valence-corrected chi connectivity index (χ0v) is 15.3. The molecule has 0 aliphatic carbocycles. The summed E-state index contributed by atoms with van der Waals surface area (Å²) in [6.45, 7) is 6.03. The molecule has 2 rings (SSSR count). The van der Waals surface area contributed by atoms with Gasteiger partial charge in [-0.05, 0) is 61.7 Å². The van der Waals surface area contributed by atoms with Crippen LogP contribution >= 0.6 is 0 Å². The number of carbonyl (C=O) groups excluding carboxylic acids is 1. The van der Waals surface area contributed by atoms with Gasteiger partial charge in [0.05, 0.1) is 17.9 Å². The lowest BCUT2D eigenvalue weighted by molar-refractivity contribution is -0.117. The molecule has 6 nitrogen and oxygen atoms in total. The van der Waals surface area contributed by atoms with Crippen LogP contribution in [0.25, 0.3) is 0 Å². The number of carbonyl (C=O) groups is 1. The minimum absolute atomic E-state index is 0.115. The molecule has 2 aromatic carbocycles. The molecule has 0 saturated carbocycles. The van der Waals surface area contributed by atoms with Gasteiger partial charge in [0.2, 0.25) is 5.91 Å². The zero-order valence-electron chi connectivity index (χ0n) is 14.5. The molecule has 0 aliphatic rings. The van der Waals surface area contributed by atoms with Gasteiger partial charge in [0.25, 0.3) is 10.0 Å². The van der Waals surface area contributed by atoms with Crippen LogP contribution in [0, 0.1) is 13.8 Å². The fourth-order valence-electron chi connectivity index (χ4n) is 2.54. The Morgan fingerprint density at radius 1 is 1.12 bits per heavy atom. The number of ether oxygens (including phenoxy) is 1. The Labute approximate surface area is 148 Å². The number of hydrogen-bond donors (Lipinski definition) is 2. The van der Waals surface area contributed by atoms with Crippen LogP contribution in [0.4, 0.5) is 5.69 Å². The van der Waals surface area contributed by atoms with E-state index in [1.807, 2.05) is 20.8 Å². The summed E-state index contributed by atoms with van der Waals surface area (Å²) in [5.74, 6) is 0.269. The predicted octanol–water partition coefficient (Wildman–Crippen LogP) is 2.53. The largest absolute Gasteiger partial charge is 0.493 e. The number of rotatable bonds is 7. The molecule has 0 unspecified atom stereocenters. The van der Waals surface area contributed by atoms with E-state index in [1.54, 1.807) is 36.4 Å². The van der Waals surface area contributed by atoms with Gasteiger partial charge < -0.3 is 10.5 Å². The van der Waals surface area contributed by atoms with Crippen molar-refractivity contribution in [2.24, 2.45) is 5.73 Å². The number of anilines is 1. The van der Waals surface area contributed by atoms with Crippen LogP contribution in [0.2, 0.25) is 0 Å². The molecule has 0 heterocycles. The number of nitrogens with one attached hydrogen (secondary N) is 1. The van der Waals surface area contributed by atoms with Crippen molar-refractivity contribution >= 4 is 21.6 Å². The maximum atomic E-state index is 12.6. The van der Waals surface area contributed by atoms with E-state index >= 15 is 0 Å². The number of sulfonamides is 1. The number of aryl methyl sites for hydroxylation is 2. The number of benzene rings is 2. The highest BCUT2D eigenvalue weighted by molar-refractivity contribution is 7.92. The van der Waals surface area contributed by atoms with Crippen LogP contribution < -0.4 is 15.2 Å². The van der Waals surface area contributed by atoms with Gasteiger partial charge >= 0.3 is 0 Å². The average molecular weight is 362 g/mol. The van der Waals surface area contributed by atoms with Crippen LogP contribution in [0.5, 0.6) is 5.75 Å². The van der Waals surface area contributed by atoms with Gasteiger partial charge in [0.1, 0.15) is 5.75 Å². The third kappa shape index (κ3) is 4.73. The zero-order chi connectivity index (χ0) is 18.6. The maximum absolute atomic E-state index is 12.6. The molecule has 0 saturated heterocycles. The minimum Gasteiger partial charge on any atom is -0.493 e. The Morgan fingerprint density at radius 3 is 2.16 bits per heavy atom. The molecule has 0 aromatic heterocycles. The molecule has 0 atom stereocenters. The summed E-state index contributed by atoms with van der Waals surface area (Å²) >= 11 is 0. The predicted molar refractivity (Wildman–Crippen MR) is 97.2 cm³/mol. The second-order valence-corrected chi connectivity index (χ2v) is 7.45. The van der Waals surface area contributed by atoms with Gasteiger partial charge in [-0.25, -0.2) is 8.42 Å². The first-order valence-corrected chi connectivity index (χ1v) is 9.35. The highest BCUT2D eigenvalue weighted by Gasteiger charge is 2.17. The minimum atomic E-state index is -3.72. The summed E-state index contributed by atoms with van der Waals surface area (Å²) in [7, 11) is -3.72. The summed E-state index contributed by atoms with van der Waals surface area (Å²) in [4.78, 5) is 11.1. The molecule has 0 aliphatic heterocycles. The number of primary amides is 1. The number of amides is 1. The van der Waals surface area contributed by atoms with E-state index in [1.165, 1.54) is 0 Å². The van der Waals surface area contributed by atoms with Crippen molar-refractivity contribution in [3.8, 4) is 5.75 Å². The third-order valence-corrected chi connectivity index (χ3v) is 4.98. The highest BCUT2D eigenvalue weighted by atomic mass is 32.2. The lowest BCUT2D eigenvalue weighted by Gasteiger charge is -2.14. The van der Waals surface area contributed by atoms with Crippen molar-refractivity contribution in [1.82, 2.24) is 0 Å². The summed E-state index contributed by atoms with van der Waals surface area (Å²) in [5.41, 5.74) is 7.81. The van der Waals surface area contributed by atoms with E-state index in [4.69, 9.17) is 10.5 Å². The van der Waals surface area contributed by atoms with Crippen LogP contribution in [0.15, 0.2) is 41.3 Å². The Hall–Kier alpha value is -2.54. The van der Waals surface area contributed by atoms with Gasteiger partial charge in [-0.1, -0.05) is 12.1 Å². The Bertz CT molecular complexity index is 851. The van der Waals surface area contributed by atoms with Gasteiger partial charge in [-0.3, -0.25) is 9.52 Å². The van der Waals surface area contributed by atoms with Gasteiger partial charge in [0, 0.05) is 5.69 Å².